The summed E-state index contributed by atoms with van der Waals surface area (Å²) in [4.78, 5) is 22.6. The van der Waals surface area contributed by atoms with E-state index in [0.717, 1.165) is 19.4 Å². The molecule has 1 aliphatic heterocycles. The lowest BCUT2D eigenvalue weighted by molar-refractivity contribution is -0.143. The molecule has 0 radical (unpaired) electrons. The van der Waals surface area contributed by atoms with E-state index in [0.29, 0.717) is 6.42 Å². The summed E-state index contributed by atoms with van der Waals surface area (Å²) >= 11 is 0. The van der Waals surface area contributed by atoms with Gasteiger partial charge in [-0.05, 0) is 19.3 Å². The Morgan fingerprint density at radius 3 is 2.95 bits per heavy atom. The van der Waals surface area contributed by atoms with Crippen molar-refractivity contribution in [2.75, 3.05) is 19.8 Å². The third-order valence-corrected chi connectivity index (χ3v) is 2.87. The quantitative estimate of drug-likeness (QED) is 0.477. The molecule has 0 aliphatic carbocycles. The Labute approximate surface area is 112 Å². The van der Waals surface area contributed by atoms with E-state index in [4.69, 9.17) is 14.6 Å². The Bertz CT molecular complexity index is 312. The molecule has 0 bridgehead atoms. The number of rotatable bonds is 9. The largest absolute Gasteiger partial charge is 0.480 e. The topological polar surface area (TPSA) is 84.9 Å². The lowest BCUT2D eigenvalue weighted by Crippen LogP contribution is -2.44. The van der Waals surface area contributed by atoms with E-state index in [9.17, 15) is 9.59 Å². The minimum Gasteiger partial charge on any atom is -0.480 e. The van der Waals surface area contributed by atoms with Gasteiger partial charge in [0.05, 0.1) is 19.3 Å². The fourth-order valence-electron chi connectivity index (χ4n) is 1.87. The molecule has 0 aromatic heterocycles. The average Bonchev–Trinajstić information content (AvgIpc) is 2.88. The van der Waals surface area contributed by atoms with Gasteiger partial charge in [-0.25, -0.2) is 4.79 Å². The molecular formula is C13H21NO5. The first-order valence-electron chi connectivity index (χ1n) is 6.46. The van der Waals surface area contributed by atoms with Crippen LogP contribution in [0.1, 0.15) is 25.7 Å². The SMILES string of the molecule is C=CCOCC(NC(=O)CCC1CCCO1)C(=O)O. The highest BCUT2D eigenvalue weighted by Gasteiger charge is 2.21. The zero-order valence-corrected chi connectivity index (χ0v) is 11.0. The van der Waals surface area contributed by atoms with Crippen LogP contribution in [0.2, 0.25) is 0 Å². The van der Waals surface area contributed by atoms with E-state index >= 15 is 0 Å². The van der Waals surface area contributed by atoms with Gasteiger partial charge in [0.2, 0.25) is 5.91 Å². The number of amides is 1. The van der Waals surface area contributed by atoms with Gasteiger partial charge in [-0.15, -0.1) is 6.58 Å². The van der Waals surface area contributed by atoms with Crippen LogP contribution in [0.5, 0.6) is 0 Å². The van der Waals surface area contributed by atoms with Gasteiger partial charge >= 0.3 is 5.97 Å². The first-order chi connectivity index (χ1) is 9.13. The Hall–Kier alpha value is -1.40. The number of carboxylic acids is 1. The van der Waals surface area contributed by atoms with E-state index < -0.39 is 12.0 Å². The van der Waals surface area contributed by atoms with Crippen LogP contribution in [0.4, 0.5) is 0 Å². The van der Waals surface area contributed by atoms with Crippen molar-refractivity contribution < 1.29 is 24.2 Å². The molecule has 1 amide bonds. The Balaban J connectivity index is 2.25. The number of nitrogens with one attached hydrogen (secondary N) is 1. The molecule has 1 rings (SSSR count). The summed E-state index contributed by atoms with van der Waals surface area (Å²) in [6.07, 6.45) is 4.56. The van der Waals surface area contributed by atoms with Crippen molar-refractivity contribution in [3.63, 3.8) is 0 Å². The molecule has 1 aliphatic rings. The zero-order chi connectivity index (χ0) is 14.1. The molecule has 1 fully saturated rings. The summed E-state index contributed by atoms with van der Waals surface area (Å²) in [5.41, 5.74) is 0. The van der Waals surface area contributed by atoms with Gasteiger partial charge in [0, 0.05) is 13.0 Å². The predicted molar refractivity (Wildman–Crippen MR) is 68.8 cm³/mol. The number of carbonyl (C=O) groups is 2. The van der Waals surface area contributed by atoms with Crippen LogP contribution in [-0.2, 0) is 19.1 Å². The summed E-state index contributed by atoms with van der Waals surface area (Å²) < 4.78 is 10.4. The molecule has 2 atom stereocenters. The van der Waals surface area contributed by atoms with Crippen LogP contribution in [0.25, 0.3) is 0 Å². The molecule has 0 aromatic carbocycles. The van der Waals surface area contributed by atoms with Gasteiger partial charge < -0.3 is 19.9 Å². The van der Waals surface area contributed by atoms with Gasteiger partial charge in [0.1, 0.15) is 0 Å². The van der Waals surface area contributed by atoms with Crippen molar-refractivity contribution in [2.45, 2.75) is 37.8 Å². The summed E-state index contributed by atoms with van der Waals surface area (Å²) in [6.45, 7) is 4.41. The van der Waals surface area contributed by atoms with E-state index in [1.165, 1.54) is 6.08 Å². The second-order valence-electron chi connectivity index (χ2n) is 4.46. The maximum atomic E-state index is 11.6. The van der Waals surface area contributed by atoms with E-state index in [-0.39, 0.29) is 31.6 Å². The first kappa shape index (κ1) is 15.7. The van der Waals surface area contributed by atoms with Gasteiger partial charge in [0.25, 0.3) is 0 Å². The van der Waals surface area contributed by atoms with Crippen molar-refractivity contribution in [1.29, 1.82) is 0 Å². The minimum absolute atomic E-state index is 0.0625. The van der Waals surface area contributed by atoms with Crippen molar-refractivity contribution in [1.82, 2.24) is 5.32 Å². The smallest absolute Gasteiger partial charge is 0.328 e. The molecule has 1 saturated heterocycles. The van der Waals surface area contributed by atoms with Crippen LogP contribution in [0, 0.1) is 0 Å². The highest BCUT2D eigenvalue weighted by molar-refractivity contribution is 5.83. The lowest BCUT2D eigenvalue weighted by Gasteiger charge is -2.15. The fraction of sp³-hybridized carbons (Fsp3) is 0.692. The maximum Gasteiger partial charge on any atom is 0.328 e. The third kappa shape index (κ3) is 6.35. The lowest BCUT2D eigenvalue weighted by atomic mass is 10.1. The van der Waals surface area contributed by atoms with Gasteiger partial charge in [-0.1, -0.05) is 6.08 Å². The fourth-order valence-corrected chi connectivity index (χ4v) is 1.87. The monoisotopic (exact) mass is 271 g/mol. The number of carboxylic acid groups (broad SMARTS) is 1. The highest BCUT2D eigenvalue weighted by Crippen LogP contribution is 2.16. The molecule has 19 heavy (non-hydrogen) atoms. The van der Waals surface area contributed by atoms with E-state index in [2.05, 4.69) is 11.9 Å². The molecular weight excluding hydrogens is 250 g/mol. The molecule has 6 nitrogen and oxygen atoms in total. The maximum absolute atomic E-state index is 11.6. The van der Waals surface area contributed by atoms with Gasteiger partial charge in [-0.2, -0.15) is 0 Å². The van der Waals surface area contributed by atoms with Crippen LogP contribution >= 0.6 is 0 Å². The van der Waals surface area contributed by atoms with Crippen LogP contribution in [0.3, 0.4) is 0 Å². The minimum atomic E-state index is -1.10. The highest BCUT2D eigenvalue weighted by atomic mass is 16.5. The van der Waals surface area contributed by atoms with Crippen LogP contribution in [-0.4, -0.2) is 48.9 Å². The molecule has 2 unspecified atom stereocenters. The number of ether oxygens (including phenoxy) is 2. The number of hydrogen-bond donors (Lipinski definition) is 2. The third-order valence-electron chi connectivity index (χ3n) is 2.87. The molecule has 0 aromatic rings. The average molecular weight is 271 g/mol. The molecule has 108 valence electrons. The predicted octanol–water partition coefficient (Wildman–Crippen LogP) is 0.718. The van der Waals surface area contributed by atoms with E-state index in [1.54, 1.807) is 0 Å². The van der Waals surface area contributed by atoms with E-state index in [1.807, 2.05) is 0 Å². The molecule has 0 saturated carbocycles. The summed E-state index contributed by atoms with van der Waals surface area (Å²) in [7, 11) is 0. The Kier molecular flexibility index (Phi) is 7.14. The Morgan fingerprint density at radius 2 is 2.37 bits per heavy atom. The first-order valence-corrected chi connectivity index (χ1v) is 6.46. The van der Waals surface area contributed by atoms with Crippen LogP contribution in [0.15, 0.2) is 12.7 Å². The number of carbonyl (C=O) groups excluding carboxylic acids is 1. The van der Waals surface area contributed by atoms with Crippen molar-refractivity contribution in [3.8, 4) is 0 Å². The standard InChI is InChI=1S/C13H21NO5/c1-2-7-18-9-11(13(16)17)14-12(15)6-5-10-4-3-8-19-10/h2,10-11H,1,3-9H2,(H,14,15)(H,16,17). The molecule has 6 heteroatoms. The summed E-state index contributed by atoms with van der Waals surface area (Å²) in [6, 6.07) is -1.02. The molecule has 2 N–H and O–H groups in total. The summed E-state index contributed by atoms with van der Waals surface area (Å²) in [5, 5.41) is 11.4. The van der Waals surface area contributed by atoms with Crippen molar-refractivity contribution in [2.24, 2.45) is 0 Å². The van der Waals surface area contributed by atoms with Gasteiger partial charge in [0.15, 0.2) is 6.04 Å². The molecule has 0 spiro atoms. The Morgan fingerprint density at radius 1 is 1.58 bits per heavy atom. The normalized spacial score (nSPS) is 19.9. The van der Waals surface area contributed by atoms with Gasteiger partial charge in [-0.3, -0.25) is 4.79 Å². The van der Waals surface area contributed by atoms with Crippen molar-refractivity contribution in [3.05, 3.63) is 12.7 Å². The number of hydrogen-bond acceptors (Lipinski definition) is 4. The second kappa shape index (κ2) is 8.66. The number of aliphatic carboxylic acids is 1. The second-order valence-corrected chi connectivity index (χ2v) is 4.46. The summed E-state index contributed by atoms with van der Waals surface area (Å²) in [5.74, 6) is -1.39. The van der Waals surface area contributed by atoms with Crippen molar-refractivity contribution >= 4 is 11.9 Å². The van der Waals surface area contributed by atoms with Crippen LogP contribution < -0.4 is 5.32 Å². The molecule has 1 heterocycles. The zero-order valence-electron chi connectivity index (χ0n) is 11.0.